The van der Waals surface area contributed by atoms with Crippen LogP contribution in [0.5, 0.6) is 5.75 Å². The minimum Gasteiger partial charge on any atom is -0.481 e. The van der Waals surface area contributed by atoms with Gasteiger partial charge in [-0.1, -0.05) is 19.6 Å². The Morgan fingerprint density at radius 2 is 1.43 bits per heavy atom. The SMILES string of the molecule is C=Cc1c2cc(C)c(cc3nc(c(OC(C)=O)c4nc(c(CC)c5cc(C)c1[nH]5)C(C)=C4CCC(=O)O)C(CCC(=O)O)=C3C)[nH]2. The van der Waals surface area contributed by atoms with E-state index in [9.17, 15) is 24.6 Å². The molecule has 2 aliphatic rings. The second kappa shape index (κ2) is 12.6. The summed E-state index contributed by atoms with van der Waals surface area (Å²) in [7, 11) is 0. The molecule has 0 radical (unpaired) electrons. The van der Waals surface area contributed by atoms with Crippen molar-refractivity contribution in [2.75, 3.05) is 0 Å². The normalized spacial score (nSPS) is 12.9. The number of ether oxygens (including phenoxy) is 1. The minimum atomic E-state index is -0.976. The van der Waals surface area contributed by atoms with Crippen molar-refractivity contribution in [1.29, 1.82) is 0 Å². The summed E-state index contributed by atoms with van der Waals surface area (Å²) in [6.07, 6.45) is 2.37. The van der Waals surface area contributed by atoms with Gasteiger partial charge in [-0.3, -0.25) is 14.4 Å². The maximum atomic E-state index is 12.6. The van der Waals surface area contributed by atoms with E-state index >= 15 is 0 Å². The molecule has 0 aliphatic carbocycles. The molecule has 0 saturated carbocycles. The predicted molar refractivity (Wildman–Crippen MR) is 180 cm³/mol. The molecule has 46 heavy (non-hydrogen) atoms. The Morgan fingerprint density at radius 1 is 0.826 bits per heavy atom. The van der Waals surface area contributed by atoms with E-state index < -0.39 is 17.9 Å². The summed E-state index contributed by atoms with van der Waals surface area (Å²) in [5.74, 6) is -2.47. The number of rotatable bonds is 9. The number of hydrogen-bond acceptors (Lipinski definition) is 6. The van der Waals surface area contributed by atoms with Crippen molar-refractivity contribution in [2.45, 2.75) is 73.6 Å². The highest BCUT2D eigenvalue weighted by molar-refractivity contribution is 6.00. The fourth-order valence-electron chi connectivity index (χ4n) is 6.26. The molecule has 0 saturated heterocycles. The lowest BCUT2D eigenvalue weighted by Crippen LogP contribution is -2.07. The van der Waals surface area contributed by atoms with Crippen LogP contribution in [0.15, 0.2) is 24.8 Å². The van der Waals surface area contributed by atoms with Gasteiger partial charge in [-0.25, -0.2) is 9.97 Å². The third kappa shape index (κ3) is 5.90. The molecule has 10 heteroatoms. The first-order valence-corrected chi connectivity index (χ1v) is 15.3. The van der Waals surface area contributed by atoms with Gasteiger partial charge < -0.3 is 24.9 Å². The number of aromatic nitrogens is 4. The number of esters is 1. The molecule has 3 aromatic heterocycles. The van der Waals surface area contributed by atoms with E-state index in [1.807, 2.05) is 46.8 Å². The molecule has 0 amide bonds. The zero-order chi connectivity index (χ0) is 33.4. The fraction of sp³-hybridized carbons (Fsp3) is 0.306. The molecule has 0 spiro atoms. The van der Waals surface area contributed by atoms with Crippen LogP contribution in [-0.4, -0.2) is 48.1 Å². The molecule has 3 aromatic rings. The van der Waals surface area contributed by atoms with E-state index in [4.69, 9.17) is 14.7 Å². The number of H-pyrrole nitrogens is 2. The predicted octanol–water partition coefficient (Wildman–Crippen LogP) is 7.65. The van der Waals surface area contributed by atoms with Gasteiger partial charge in [-0.05, 0) is 98.6 Å². The van der Waals surface area contributed by atoms with Gasteiger partial charge in [0.05, 0.1) is 16.9 Å². The molecule has 0 fully saturated rings. The van der Waals surface area contributed by atoms with Crippen LogP contribution in [-0.2, 0) is 20.8 Å². The zero-order valence-electron chi connectivity index (χ0n) is 27.0. The Labute approximate surface area is 266 Å². The Balaban J connectivity index is 2.06. The van der Waals surface area contributed by atoms with Crippen LogP contribution in [0.3, 0.4) is 0 Å². The highest BCUT2D eigenvalue weighted by atomic mass is 16.5. The number of hydrogen-bond donors (Lipinski definition) is 4. The number of fused-ring (bicyclic) bond motifs is 8. The number of aliphatic carboxylic acids is 2. The number of aromatic amines is 2. The molecular weight excluding hydrogens is 584 g/mol. The van der Waals surface area contributed by atoms with Crippen molar-refractivity contribution < 1.29 is 29.3 Å². The number of nitrogens with one attached hydrogen (secondary N) is 2. The van der Waals surface area contributed by atoms with E-state index in [0.717, 1.165) is 55.5 Å². The van der Waals surface area contributed by atoms with Crippen LogP contribution in [0.25, 0.3) is 50.4 Å². The summed E-state index contributed by atoms with van der Waals surface area (Å²) in [5, 5.41) is 19.2. The number of carbonyl (C=O) groups excluding carboxylic acids is 1. The molecular formula is C36H38N4O6. The first-order chi connectivity index (χ1) is 21.8. The second-order valence-electron chi connectivity index (χ2n) is 11.7. The largest absolute Gasteiger partial charge is 0.481 e. The third-order valence-corrected chi connectivity index (χ3v) is 8.61. The molecule has 0 unspecified atom stereocenters. The quantitative estimate of drug-likeness (QED) is 0.177. The lowest BCUT2D eigenvalue weighted by molar-refractivity contribution is -0.137. The maximum Gasteiger partial charge on any atom is 0.308 e. The summed E-state index contributed by atoms with van der Waals surface area (Å²) >= 11 is 0. The molecule has 2 aliphatic heterocycles. The molecule has 5 heterocycles. The average Bonchev–Trinajstić information content (AvgIpc) is 3.71. The van der Waals surface area contributed by atoms with Crippen LogP contribution in [0.1, 0.15) is 98.4 Å². The fourth-order valence-corrected chi connectivity index (χ4v) is 6.26. The Hall–Kier alpha value is -5.25. The Bertz CT molecular complexity index is 2060. The topological polar surface area (TPSA) is 158 Å². The third-order valence-electron chi connectivity index (χ3n) is 8.61. The number of nitrogens with zero attached hydrogens (tertiary/aromatic N) is 2. The van der Waals surface area contributed by atoms with E-state index in [1.165, 1.54) is 6.92 Å². The van der Waals surface area contributed by atoms with Crippen molar-refractivity contribution in [3.8, 4) is 5.75 Å². The summed E-state index contributed by atoms with van der Waals surface area (Å²) in [5.41, 5.74) is 11.9. The van der Waals surface area contributed by atoms with Gasteiger partial charge in [-0.15, -0.1) is 0 Å². The van der Waals surface area contributed by atoms with Crippen molar-refractivity contribution in [3.05, 3.63) is 69.8 Å². The van der Waals surface area contributed by atoms with Crippen molar-refractivity contribution in [2.24, 2.45) is 0 Å². The highest BCUT2D eigenvalue weighted by Gasteiger charge is 2.30. The van der Waals surface area contributed by atoms with Crippen LogP contribution < -0.4 is 4.74 Å². The first-order valence-electron chi connectivity index (χ1n) is 15.3. The summed E-state index contributed by atoms with van der Waals surface area (Å²) in [4.78, 5) is 53.2. The monoisotopic (exact) mass is 622 g/mol. The Kier molecular flexibility index (Phi) is 8.83. The standard InChI is InChI=1S/C36H38N4O6/c1-8-22-28-14-17(3)26(37-28)16-27-19(5)24(10-12-30(42)43)34(38-27)36(46-21(7)41)35-25(11-13-31(44)45)20(6)33(40-35)23(9-2)29-15-18(4)32(22)39-29/h8,14-16,37,39H,1,9-13H2,2-7H3,(H,42,43)(H,44,45). The van der Waals surface area contributed by atoms with Crippen molar-refractivity contribution in [1.82, 2.24) is 19.9 Å². The smallest absolute Gasteiger partial charge is 0.308 e. The Morgan fingerprint density at radius 3 is 2.02 bits per heavy atom. The van der Waals surface area contributed by atoms with Gasteiger partial charge >= 0.3 is 17.9 Å². The van der Waals surface area contributed by atoms with Gasteiger partial charge in [0, 0.05) is 47.4 Å². The lowest BCUT2D eigenvalue weighted by Gasteiger charge is -2.11. The van der Waals surface area contributed by atoms with Crippen LogP contribution in [0, 0.1) is 13.8 Å². The van der Waals surface area contributed by atoms with Crippen LogP contribution in [0.2, 0.25) is 0 Å². The number of carboxylic acid groups (broad SMARTS) is 2. The zero-order valence-corrected chi connectivity index (χ0v) is 27.0. The highest BCUT2D eigenvalue weighted by Crippen LogP contribution is 2.45. The second-order valence-corrected chi connectivity index (χ2v) is 11.7. The van der Waals surface area contributed by atoms with Gasteiger partial charge in [0.15, 0.2) is 5.75 Å². The summed E-state index contributed by atoms with van der Waals surface area (Å²) in [6, 6.07) is 6.02. The van der Waals surface area contributed by atoms with Crippen LogP contribution in [0.4, 0.5) is 0 Å². The van der Waals surface area contributed by atoms with E-state index in [0.29, 0.717) is 40.3 Å². The number of carbonyl (C=O) groups is 3. The van der Waals surface area contributed by atoms with Crippen LogP contribution >= 0.6 is 0 Å². The summed E-state index contributed by atoms with van der Waals surface area (Å²) < 4.78 is 5.90. The first kappa shape index (κ1) is 32.2. The summed E-state index contributed by atoms with van der Waals surface area (Å²) in [6.45, 7) is 15.2. The van der Waals surface area contributed by atoms with Gasteiger partial charge in [0.25, 0.3) is 0 Å². The molecule has 5 rings (SSSR count). The number of allylic oxidation sites excluding steroid dienone is 4. The molecule has 4 N–H and O–H groups in total. The lowest BCUT2D eigenvalue weighted by atomic mass is 9.96. The molecule has 8 bridgehead atoms. The van der Waals surface area contributed by atoms with E-state index in [2.05, 4.69) is 28.7 Å². The minimum absolute atomic E-state index is 0.0856. The average molecular weight is 623 g/mol. The molecule has 10 nitrogen and oxygen atoms in total. The van der Waals surface area contributed by atoms with Gasteiger partial charge in [0.1, 0.15) is 11.4 Å². The van der Waals surface area contributed by atoms with E-state index in [-0.39, 0.29) is 31.4 Å². The maximum absolute atomic E-state index is 12.6. The van der Waals surface area contributed by atoms with Gasteiger partial charge in [-0.2, -0.15) is 0 Å². The molecule has 238 valence electrons. The van der Waals surface area contributed by atoms with Crippen molar-refractivity contribution in [3.63, 3.8) is 0 Å². The number of aryl methyl sites for hydroxylation is 3. The number of carboxylic acids is 2. The molecule has 0 aromatic carbocycles. The van der Waals surface area contributed by atoms with E-state index in [1.54, 1.807) is 0 Å². The molecule has 0 atom stereocenters. The van der Waals surface area contributed by atoms with Gasteiger partial charge in [0.2, 0.25) is 0 Å². The van der Waals surface area contributed by atoms with Crippen molar-refractivity contribution >= 4 is 68.3 Å².